The first kappa shape index (κ1) is 11.1. The van der Waals surface area contributed by atoms with E-state index >= 15 is 0 Å². The lowest BCUT2D eigenvalue weighted by Crippen LogP contribution is -2.40. The number of carbonyl (C=O) groups is 1. The molecule has 1 amide bonds. The fraction of sp³-hybridized carbons (Fsp3) is 0.875. The second-order valence-corrected chi connectivity index (χ2v) is 4.79. The van der Waals surface area contributed by atoms with Gasteiger partial charge in [0.25, 0.3) is 5.91 Å². The summed E-state index contributed by atoms with van der Waals surface area (Å²) in [5.74, 6) is -0.293. The van der Waals surface area contributed by atoms with Crippen LogP contribution in [0.4, 0.5) is 4.39 Å². The molecule has 0 aromatic carbocycles. The molecule has 0 saturated heterocycles. The van der Waals surface area contributed by atoms with Gasteiger partial charge in [-0.05, 0) is 19.3 Å². The zero-order chi connectivity index (χ0) is 10.1. The highest BCUT2D eigenvalue weighted by Gasteiger charge is 2.34. The fourth-order valence-corrected chi connectivity index (χ4v) is 1.33. The Morgan fingerprint density at radius 2 is 2.23 bits per heavy atom. The van der Waals surface area contributed by atoms with Crippen molar-refractivity contribution in [2.75, 3.05) is 0 Å². The van der Waals surface area contributed by atoms with Crippen molar-refractivity contribution in [2.45, 2.75) is 36.8 Å². The smallest absolute Gasteiger partial charge is 0.335 e. The molecule has 1 saturated carbocycles. The maximum Gasteiger partial charge on any atom is 0.335 e. The van der Waals surface area contributed by atoms with Gasteiger partial charge in [0.1, 0.15) is 0 Å². The number of rotatable bonds is 4. The van der Waals surface area contributed by atoms with E-state index in [1.165, 1.54) is 12.8 Å². The zero-order valence-corrected chi connectivity index (χ0v) is 8.83. The third kappa shape index (κ3) is 4.14. The summed E-state index contributed by atoms with van der Waals surface area (Å²) < 4.78 is 9.81. The standard InChI is InChI=1S/C8H12Cl2FNO/c1-5(4-6-2-3-6)12-7(13)8(9,10)11/h5-6H,2-4H2,1H3,(H,12,13). The lowest BCUT2D eigenvalue weighted by atomic mass is 10.1. The number of alkyl halides is 3. The van der Waals surface area contributed by atoms with Gasteiger partial charge < -0.3 is 5.32 Å². The third-order valence-electron chi connectivity index (χ3n) is 2.02. The molecule has 1 aliphatic carbocycles. The quantitative estimate of drug-likeness (QED) is 0.735. The molecule has 0 heterocycles. The monoisotopic (exact) mass is 227 g/mol. The molecule has 76 valence electrons. The Labute approximate surface area is 86.8 Å². The predicted molar refractivity (Wildman–Crippen MR) is 50.5 cm³/mol. The van der Waals surface area contributed by atoms with Crippen LogP contribution in [0.2, 0.25) is 0 Å². The largest absolute Gasteiger partial charge is 0.349 e. The van der Waals surface area contributed by atoms with Crippen LogP contribution in [0.15, 0.2) is 0 Å². The summed E-state index contributed by atoms with van der Waals surface area (Å²) in [6.07, 6.45) is 3.26. The van der Waals surface area contributed by atoms with Crippen molar-refractivity contribution in [3.8, 4) is 0 Å². The molecule has 0 aromatic rings. The number of halogens is 3. The summed E-state index contributed by atoms with van der Waals surface area (Å²) in [6, 6.07) is -0.0624. The van der Waals surface area contributed by atoms with Crippen molar-refractivity contribution in [3.63, 3.8) is 0 Å². The minimum atomic E-state index is -2.81. The average molecular weight is 228 g/mol. The van der Waals surface area contributed by atoms with Crippen LogP contribution in [0.1, 0.15) is 26.2 Å². The molecule has 0 aromatic heterocycles. The normalized spacial score (nSPS) is 19.7. The molecular weight excluding hydrogens is 216 g/mol. The summed E-state index contributed by atoms with van der Waals surface area (Å²) in [6.45, 7) is 1.82. The Hall–Kier alpha value is -0.0200. The van der Waals surface area contributed by atoms with E-state index in [1.807, 2.05) is 6.92 Å². The van der Waals surface area contributed by atoms with Crippen molar-refractivity contribution >= 4 is 29.1 Å². The summed E-state index contributed by atoms with van der Waals surface area (Å²) in [4.78, 5) is 10.9. The van der Waals surface area contributed by atoms with Gasteiger partial charge in [-0.25, -0.2) is 0 Å². The van der Waals surface area contributed by atoms with Gasteiger partial charge in [0.05, 0.1) is 0 Å². The zero-order valence-electron chi connectivity index (χ0n) is 7.32. The van der Waals surface area contributed by atoms with Crippen LogP contribution in [0, 0.1) is 5.92 Å². The number of amides is 1. The Kier molecular flexibility index (Phi) is 3.41. The van der Waals surface area contributed by atoms with E-state index in [9.17, 15) is 9.18 Å². The van der Waals surface area contributed by atoms with Crippen molar-refractivity contribution in [3.05, 3.63) is 0 Å². The van der Waals surface area contributed by atoms with Gasteiger partial charge in [-0.2, -0.15) is 4.39 Å². The first-order valence-corrected chi connectivity index (χ1v) is 5.03. The van der Waals surface area contributed by atoms with Gasteiger partial charge in [-0.15, -0.1) is 0 Å². The molecule has 0 spiro atoms. The molecule has 2 nitrogen and oxygen atoms in total. The minimum absolute atomic E-state index is 0.0624. The lowest BCUT2D eigenvalue weighted by molar-refractivity contribution is -0.125. The first-order valence-electron chi connectivity index (χ1n) is 4.27. The van der Waals surface area contributed by atoms with Gasteiger partial charge >= 0.3 is 4.59 Å². The van der Waals surface area contributed by atoms with Crippen LogP contribution in [0.25, 0.3) is 0 Å². The molecule has 1 aliphatic rings. The van der Waals surface area contributed by atoms with Crippen molar-refractivity contribution in [1.82, 2.24) is 5.32 Å². The van der Waals surface area contributed by atoms with Crippen molar-refractivity contribution in [2.24, 2.45) is 5.92 Å². The van der Waals surface area contributed by atoms with Crippen LogP contribution in [0.5, 0.6) is 0 Å². The maximum absolute atomic E-state index is 12.6. The number of hydrogen-bond donors (Lipinski definition) is 1. The van der Waals surface area contributed by atoms with Gasteiger partial charge in [0.2, 0.25) is 0 Å². The molecule has 5 heteroatoms. The summed E-state index contributed by atoms with van der Waals surface area (Å²) in [5, 5.41) is 2.41. The van der Waals surface area contributed by atoms with E-state index in [-0.39, 0.29) is 6.04 Å². The highest BCUT2D eigenvalue weighted by atomic mass is 35.5. The summed E-state index contributed by atoms with van der Waals surface area (Å²) >= 11 is 9.93. The van der Waals surface area contributed by atoms with E-state index in [1.54, 1.807) is 0 Å². The van der Waals surface area contributed by atoms with E-state index in [0.717, 1.165) is 6.42 Å². The number of nitrogens with one attached hydrogen (secondary N) is 1. The Morgan fingerprint density at radius 3 is 2.62 bits per heavy atom. The second kappa shape index (κ2) is 4.01. The molecular formula is C8H12Cl2FNO. The maximum atomic E-state index is 12.6. The molecule has 0 bridgehead atoms. The first-order chi connectivity index (χ1) is 5.89. The number of carbonyl (C=O) groups excluding carboxylic acids is 1. The van der Waals surface area contributed by atoms with Crippen LogP contribution in [-0.2, 0) is 4.79 Å². The Bertz CT molecular complexity index is 201. The van der Waals surface area contributed by atoms with Gasteiger partial charge in [0, 0.05) is 6.04 Å². The van der Waals surface area contributed by atoms with E-state index in [2.05, 4.69) is 5.32 Å². The predicted octanol–water partition coefficient (Wildman–Crippen LogP) is 2.39. The van der Waals surface area contributed by atoms with Crippen LogP contribution in [0.3, 0.4) is 0 Å². The minimum Gasteiger partial charge on any atom is -0.349 e. The second-order valence-electron chi connectivity index (χ2n) is 3.55. The molecule has 1 N–H and O–H groups in total. The molecule has 1 fully saturated rings. The van der Waals surface area contributed by atoms with E-state index < -0.39 is 10.5 Å². The molecule has 0 aliphatic heterocycles. The molecule has 1 atom stereocenters. The van der Waals surface area contributed by atoms with E-state index in [4.69, 9.17) is 23.2 Å². The van der Waals surface area contributed by atoms with Crippen LogP contribution < -0.4 is 5.32 Å². The highest BCUT2D eigenvalue weighted by molar-refractivity contribution is 6.56. The summed E-state index contributed by atoms with van der Waals surface area (Å²) in [7, 11) is 0. The van der Waals surface area contributed by atoms with Crippen molar-refractivity contribution < 1.29 is 9.18 Å². The Balaban J connectivity index is 2.25. The third-order valence-corrected chi connectivity index (χ3v) is 2.36. The van der Waals surface area contributed by atoms with Crippen LogP contribution >= 0.6 is 23.2 Å². The number of hydrogen-bond acceptors (Lipinski definition) is 1. The lowest BCUT2D eigenvalue weighted by Gasteiger charge is -2.16. The van der Waals surface area contributed by atoms with Gasteiger partial charge in [0.15, 0.2) is 0 Å². The van der Waals surface area contributed by atoms with Gasteiger partial charge in [-0.1, -0.05) is 36.0 Å². The molecule has 13 heavy (non-hydrogen) atoms. The SMILES string of the molecule is CC(CC1CC1)NC(=O)C(F)(Cl)Cl. The molecule has 0 radical (unpaired) electrons. The summed E-state index contributed by atoms with van der Waals surface area (Å²) in [5.41, 5.74) is 0. The average Bonchev–Trinajstić information content (AvgIpc) is 2.68. The molecule has 1 rings (SSSR count). The van der Waals surface area contributed by atoms with Crippen LogP contribution in [-0.4, -0.2) is 16.5 Å². The topological polar surface area (TPSA) is 29.1 Å². The Morgan fingerprint density at radius 1 is 1.69 bits per heavy atom. The van der Waals surface area contributed by atoms with Crippen molar-refractivity contribution in [1.29, 1.82) is 0 Å². The highest BCUT2D eigenvalue weighted by Crippen LogP contribution is 2.33. The molecule has 1 unspecified atom stereocenters. The fourth-order valence-electron chi connectivity index (χ4n) is 1.22. The van der Waals surface area contributed by atoms with Gasteiger partial charge in [-0.3, -0.25) is 4.79 Å². The van der Waals surface area contributed by atoms with E-state index in [0.29, 0.717) is 5.92 Å².